The Balaban J connectivity index is 0.00000196. The molecule has 0 spiro atoms. The van der Waals surface area contributed by atoms with Gasteiger partial charge in [-0.2, -0.15) is 0 Å². The van der Waals surface area contributed by atoms with E-state index in [-0.39, 0.29) is 35.3 Å². The van der Waals surface area contributed by atoms with E-state index in [0.29, 0.717) is 0 Å². The van der Waals surface area contributed by atoms with Crippen molar-refractivity contribution in [1.29, 1.82) is 0 Å². The third-order valence-corrected chi connectivity index (χ3v) is 2.08. The molecule has 0 aliphatic rings. The number of benzene rings is 1. The van der Waals surface area contributed by atoms with E-state index in [0.717, 1.165) is 18.8 Å². The summed E-state index contributed by atoms with van der Waals surface area (Å²) in [4.78, 5) is 0. The molecular weight excluding hydrogens is 199 g/mol. The van der Waals surface area contributed by atoms with Crippen LogP contribution in [0.5, 0.6) is 11.5 Å². The molecule has 0 bridgehead atoms. The van der Waals surface area contributed by atoms with Gasteiger partial charge in [-0.05, 0) is 18.6 Å². The summed E-state index contributed by atoms with van der Waals surface area (Å²) in [6.07, 6.45) is 4.81. The molecule has 0 amide bonds. The number of phenols is 1. The van der Waals surface area contributed by atoms with Crippen molar-refractivity contribution in [3.8, 4) is 11.5 Å². The Morgan fingerprint density at radius 3 is 2.67 bits per heavy atom. The van der Waals surface area contributed by atoms with Gasteiger partial charge in [-0.3, -0.25) is 0 Å². The van der Waals surface area contributed by atoms with Crippen molar-refractivity contribution >= 4 is 29.6 Å². The second-order valence-electron chi connectivity index (χ2n) is 3.41. The Morgan fingerprint density at radius 1 is 1.20 bits per heavy atom. The van der Waals surface area contributed by atoms with Crippen LogP contribution in [-0.4, -0.2) is 41.3 Å². The quantitative estimate of drug-likeness (QED) is 0.586. The molecule has 1 radical (unpaired) electrons. The number of ether oxygens (including phenoxy) is 1. The van der Waals surface area contributed by atoms with Gasteiger partial charge in [0.15, 0.2) is 0 Å². The molecule has 1 rings (SSSR count). The summed E-state index contributed by atoms with van der Waals surface area (Å²) >= 11 is 0. The maximum atomic E-state index is 9.17. The maximum absolute atomic E-state index is 9.17. The molecule has 1 aromatic rings. The van der Waals surface area contributed by atoms with Gasteiger partial charge >= 0.3 is 0 Å². The van der Waals surface area contributed by atoms with Crippen LogP contribution in [0.2, 0.25) is 0 Å². The molecule has 15 heavy (non-hydrogen) atoms. The second kappa shape index (κ2) is 9.08. The summed E-state index contributed by atoms with van der Waals surface area (Å²) in [6, 6.07) is 6.93. The summed E-state index contributed by atoms with van der Waals surface area (Å²) in [5, 5.41) is 9.17. The van der Waals surface area contributed by atoms with Crippen molar-refractivity contribution in [2.75, 3.05) is 6.61 Å². The van der Waals surface area contributed by atoms with Gasteiger partial charge in [-0.15, -0.1) is 0 Å². The van der Waals surface area contributed by atoms with Crippen LogP contribution in [0.3, 0.4) is 0 Å². The third-order valence-electron chi connectivity index (χ3n) is 2.08. The molecule has 0 fully saturated rings. The Kier molecular flexibility index (Phi) is 8.97. The van der Waals surface area contributed by atoms with E-state index in [2.05, 4.69) is 6.92 Å². The molecule has 0 aromatic heterocycles. The maximum Gasteiger partial charge on any atom is 0.122 e. The molecule has 0 atom stereocenters. The van der Waals surface area contributed by atoms with Crippen LogP contribution in [-0.2, 0) is 0 Å². The van der Waals surface area contributed by atoms with Gasteiger partial charge in [0.2, 0.25) is 0 Å². The molecule has 0 saturated carbocycles. The predicted octanol–water partition coefficient (Wildman–Crippen LogP) is 2.97. The van der Waals surface area contributed by atoms with Crippen LogP contribution in [0.25, 0.3) is 0 Å². The number of aromatic hydroxyl groups is 1. The molecule has 0 saturated heterocycles. The molecule has 1 N–H and O–H groups in total. The molecule has 0 unspecified atom stereocenters. The van der Waals surface area contributed by atoms with Gasteiger partial charge in [-0.1, -0.05) is 32.3 Å². The zero-order valence-corrected chi connectivity index (χ0v) is 11.7. The Morgan fingerprint density at radius 2 is 2.00 bits per heavy atom. The first kappa shape index (κ1) is 14.8. The molecule has 79 valence electrons. The molecule has 0 aliphatic heterocycles. The molecule has 3 heteroatoms. The number of hydrogen-bond acceptors (Lipinski definition) is 2. The largest absolute Gasteiger partial charge is 0.508 e. The topological polar surface area (TPSA) is 29.5 Å². The Bertz CT molecular complexity index is 264. The summed E-state index contributed by atoms with van der Waals surface area (Å²) in [5.74, 6) is 1.01. The minimum Gasteiger partial charge on any atom is -0.508 e. The van der Waals surface area contributed by atoms with Crippen LogP contribution in [0.4, 0.5) is 0 Å². The average Bonchev–Trinajstić information content (AvgIpc) is 2.18. The Labute approximate surface area is 114 Å². The number of rotatable bonds is 6. The minimum atomic E-state index is 0. The first-order valence-electron chi connectivity index (χ1n) is 5.24. The monoisotopic (exact) mass is 217 g/mol. The third kappa shape index (κ3) is 6.82. The SMILES string of the molecule is CCCCCCOc1cccc(O)c1.[Na]. The Hall–Kier alpha value is -0.180. The van der Waals surface area contributed by atoms with Crippen LogP contribution >= 0.6 is 0 Å². The van der Waals surface area contributed by atoms with Gasteiger partial charge in [0.1, 0.15) is 11.5 Å². The van der Waals surface area contributed by atoms with Gasteiger partial charge < -0.3 is 9.84 Å². The average molecular weight is 217 g/mol. The van der Waals surface area contributed by atoms with E-state index in [4.69, 9.17) is 4.74 Å². The fraction of sp³-hybridized carbons (Fsp3) is 0.500. The van der Waals surface area contributed by atoms with E-state index in [1.54, 1.807) is 18.2 Å². The van der Waals surface area contributed by atoms with E-state index in [9.17, 15) is 5.11 Å². The standard InChI is InChI=1S/C12H18O2.Na/c1-2-3-4-5-9-14-12-8-6-7-11(13)10-12;/h6-8,10,13H,2-5,9H2,1H3;. The van der Waals surface area contributed by atoms with E-state index >= 15 is 0 Å². The summed E-state index contributed by atoms with van der Waals surface area (Å²) in [6.45, 7) is 2.93. The van der Waals surface area contributed by atoms with Gasteiger partial charge in [-0.25, -0.2) is 0 Å². The van der Waals surface area contributed by atoms with Gasteiger partial charge in [0, 0.05) is 35.6 Å². The second-order valence-corrected chi connectivity index (χ2v) is 3.41. The van der Waals surface area contributed by atoms with Crippen LogP contribution in [0.1, 0.15) is 32.6 Å². The van der Waals surface area contributed by atoms with Gasteiger partial charge in [0.25, 0.3) is 0 Å². The van der Waals surface area contributed by atoms with Crippen LogP contribution < -0.4 is 4.74 Å². The zero-order valence-electron chi connectivity index (χ0n) is 9.70. The van der Waals surface area contributed by atoms with Crippen molar-refractivity contribution in [2.24, 2.45) is 0 Å². The normalized spacial score (nSPS) is 9.40. The van der Waals surface area contributed by atoms with E-state index in [1.165, 1.54) is 19.3 Å². The van der Waals surface area contributed by atoms with Crippen molar-refractivity contribution in [3.63, 3.8) is 0 Å². The van der Waals surface area contributed by atoms with Crippen molar-refractivity contribution in [2.45, 2.75) is 32.6 Å². The smallest absolute Gasteiger partial charge is 0.122 e. The van der Waals surface area contributed by atoms with Gasteiger partial charge in [0.05, 0.1) is 6.61 Å². The first-order valence-corrected chi connectivity index (χ1v) is 5.24. The van der Waals surface area contributed by atoms with E-state index in [1.807, 2.05) is 6.07 Å². The zero-order chi connectivity index (χ0) is 10.2. The first-order chi connectivity index (χ1) is 6.83. The number of hydrogen-bond donors (Lipinski definition) is 1. The molecule has 0 heterocycles. The molecular formula is C12H18NaO2. The van der Waals surface area contributed by atoms with Crippen molar-refractivity contribution in [3.05, 3.63) is 24.3 Å². The number of phenolic OH excluding ortho intramolecular Hbond substituents is 1. The van der Waals surface area contributed by atoms with E-state index < -0.39 is 0 Å². The fourth-order valence-corrected chi connectivity index (χ4v) is 1.29. The summed E-state index contributed by atoms with van der Waals surface area (Å²) < 4.78 is 5.47. The number of unbranched alkanes of at least 4 members (excludes halogenated alkanes) is 3. The minimum absolute atomic E-state index is 0. The molecule has 2 nitrogen and oxygen atoms in total. The van der Waals surface area contributed by atoms with Crippen molar-refractivity contribution < 1.29 is 9.84 Å². The fourth-order valence-electron chi connectivity index (χ4n) is 1.29. The molecule has 0 aliphatic carbocycles. The summed E-state index contributed by atoms with van der Waals surface area (Å²) in [7, 11) is 0. The van der Waals surface area contributed by atoms with Crippen molar-refractivity contribution in [1.82, 2.24) is 0 Å². The molecule has 1 aromatic carbocycles. The van der Waals surface area contributed by atoms with Crippen LogP contribution in [0.15, 0.2) is 24.3 Å². The predicted molar refractivity (Wildman–Crippen MR) is 63.5 cm³/mol. The summed E-state index contributed by atoms with van der Waals surface area (Å²) in [5.41, 5.74) is 0. The van der Waals surface area contributed by atoms with Crippen LogP contribution in [0, 0.1) is 0 Å².